The van der Waals surface area contributed by atoms with E-state index >= 15 is 0 Å². The topological polar surface area (TPSA) is 26.3 Å². The predicted octanol–water partition coefficient (Wildman–Crippen LogP) is 2.72. The molecule has 0 spiro atoms. The van der Waals surface area contributed by atoms with Gasteiger partial charge in [-0.15, -0.1) is 0 Å². The molecule has 1 aromatic rings. The van der Waals surface area contributed by atoms with Gasteiger partial charge in [-0.1, -0.05) is 45.2 Å². The summed E-state index contributed by atoms with van der Waals surface area (Å²) in [5.41, 5.74) is 1.13. The molecule has 0 heterocycles. The Hall–Kier alpha value is -1.09. The van der Waals surface area contributed by atoms with Crippen LogP contribution >= 0.6 is 0 Å². The summed E-state index contributed by atoms with van der Waals surface area (Å²) in [5, 5.41) is 0. The van der Waals surface area contributed by atoms with Crippen molar-refractivity contribution in [3.63, 3.8) is 0 Å². The van der Waals surface area contributed by atoms with Gasteiger partial charge in [-0.3, -0.25) is 4.79 Å². The highest BCUT2D eigenvalue weighted by molar-refractivity contribution is 5.80. The van der Waals surface area contributed by atoms with Crippen molar-refractivity contribution in [2.75, 3.05) is 7.11 Å². The van der Waals surface area contributed by atoms with Crippen LogP contribution in [0.2, 0.25) is 0 Å². The normalized spacial score (nSPS) is 10.1. The van der Waals surface area contributed by atoms with E-state index in [0.29, 0.717) is 6.42 Å². The van der Waals surface area contributed by atoms with Crippen LogP contribution in [-0.2, 0) is 16.0 Å². The summed E-state index contributed by atoms with van der Waals surface area (Å²) in [6.45, 7) is 1.55. The summed E-state index contributed by atoms with van der Waals surface area (Å²) in [5.74, 6) is 0.0753. The van der Waals surface area contributed by atoms with Gasteiger partial charge in [0.2, 0.25) is 0 Å². The second-order valence-corrected chi connectivity index (χ2v) is 3.02. The quantitative estimate of drug-likeness (QED) is 0.730. The zero-order valence-corrected chi connectivity index (χ0v) is 8.57. The van der Waals surface area contributed by atoms with Gasteiger partial charge in [0.25, 0.3) is 0 Å². The number of ether oxygens (including phenoxy) is 1. The number of Topliss-reactive ketones (excluding diaryl/α,β-unsaturated/α-hetero) is 1. The van der Waals surface area contributed by atoms with Crippen molar-refractivity contribution in [3.05, 3.63) is 35.9 Å². The summed E-state index contributed by atoms with van der Waals surface area (Å²) in [4.78, 5) is 11.1. The van der Waals surface area contributed by atoms with Crippen molar-refractivity contribution >= 4 is 14.2 Å². The number of methoxy groups -OCH3 is 1. The minimum Gasteiger partial charge on any atom is -0.373 e. The van der Waals surface area contributed by atoms with Crippen LogP contribution in [0.25, 0.3) is 0 Å². The second-order valence-electron chi connectivity index (χ2n) is 3.02. The number of carbonyl (C=O) groups is 1. The molecular formula is C13H22BO2. The van der Waals surface area contributed by atoms with Gasteiger partial charge < -0.3 is 4.74 Å². The molecular weight excluding hydrogens is 199 g/mol. The first-order chi connectivity index (χ1) is 6.24. The molecule has 0 aliphatic carbocycles. The maximum Gasteiger partial charge on any atom is 0.158 e. The SMILES string of the molecule is C.C.COC(Cc1ccccc1)C(C)=O.[B]. The van der Waals surface area contributed by atoms with E-state index in [1.165, 1.54) is 0 Å². The zero-order chi connectivity index (χ0) is 9.68. The van der Waals surface area contributed by atoms with Gasteiger partial charge in [0.1, 0.15) is 6.10 Å². The van der Waals surface area contributed by atoms with E-state index in [-0.39, 0.29) is 35.2 Å². The Kier molecular flexibility index (Phi) is 13.3. The average Bonchev–Trinajstić information content (AvgIpc) is 2.15. The second kappa shape index (κ2) is 10.4. The first-order valence-corrected chi connectivity index (χ1v) is 4.31. The maximum atomic E-state index is 11.1. The zero-order valence-electron chi connectivity index (χ0n) is 8.57. The van der Waals surface area contributed by atoms with Crippen LogP contribution < -0.4 is 0 Å². The fourth-order valence-electron chi connectivity index (χ4n) is 1.22. The lowest BCUT2D eigenvalue weighted by molar-refractivity contribution is -0.126. The lowest BCUT2D eigenvalue weighted by Gasteiger charge is -2.11. The van der Waals surface area contributed by atoms with Gasteiger partial charge in [0.05, 0.1) is 0 Å². The van der Waals surface area contributed by atoms with Gasteiger partial charge in [0.15, 0.2) is 5.78 Å². The number of benzene rings is 1. The molecule has 1 aromatic carbocycles. The molecule has 3 heteroatoms. The van der Waals surface area contributed by atoms with Gasteiger partial charge in [-0.2, -0.15) is 0 Å². The van der Waals surface area contributed by atoms with E-state index in [0.717, 1.165) is 5.56 Å². The van der Waals surface area contributed by atoms with E-state index in [9.17, 15) is 4.79 Å². The van der Waals surface area contributed by atoms with Crippen molar-refractivity contribution in [2.45, 2.75) is 34.3 Å². The highest BCUT2D eigenvalue weighted by Gasteiger charge is 2.12. The molecule has 3 radical (unpaired) electrons. The smallest absolute Gasteiger partial charge is 0.158 e. The Morgan fingerprint density at radius 3 is 2.12 bits per heavy atom. The molecule has 0 aliphatic heterocycles. The van der Waals surface area contributed by atoms with Crippen molar-refractivity contribution < 1.29 is 9.53 Å². The number of hydrogen-bond donors (Lipinski definition) is 0. The first kappa shape index (κ1) is 20.3. The molecule has 0 N–H and O–H groups in total. The fourth-order valence-corrected chi connectivity index (χ4v) is 1.22. The highest BCUT2D eigenvalue weighted by Crippen LogP contribution is 2.05. The molecule has 0 saturated carbocycles. The monoisotopic (exact) mass is 221 g/mol. The van der Waals surface area contributed by atoms with E-state index in [2.05, 4.69) is 0 Å². The van der Waals surface area contributed by atoms with Gasteiger partial charge >= 0.3 is 0 Å². The van der Waals surface area contributed by atoms with Crippen LogP contribution in [0.15, 0.2) is 30.3 Å². The van der Waals surface area contributed by atoms with E-state index in [1.54, 1.807) is 14.0 Å². The van der Waals surface area contributed by atoms with E-state index < -0.39 is 0 Å². The molecule has 89 valence electrons. The molecule has 0 fully saturated rings. The Labute approximate surface area is 102 Å². The van der Waals surface area contributed by atoms with E-state index in [4.69, 9.17) is 4.74 Å². The maximum absolute atomic E-state index is 11.1. The number of carbonyl (C=O) groups excluding carboxylic acids is 1. The summed E-state index contributed by atoms with van der Waals surface area (Å²) in [6.07, 6.45) is 0.356. The standard InChI is InChI=1S/C11H14O2.2CH4.B/c1-9(12)11(13-2)8-10-6-4-3-5-7-10;;;/h3-7,11H,8H2,1-2H3;2*1H4;. The molecule has 1 unspecified atom stereocenters. The highest BCUT2D eigenvalue weighted by atomic mass is 16.5. The summed E-state index contributed by atoms with van der Waals surface area (Å²) >= 11 is 0. The molecule has 16 heavy (non-hydrogen) atoms. The first-order valence-electron chi connectivity index (χ1n) is 4.31. The summed E-state index contributed by atoms with van der Waals surface area (Å²) < 4.78 is 5.07. The minimum absolute atomic E-state index is 0. The lowest BCUT2D eigenvalue weighted by Crippen LogP contribution is -2.22. The van der Waals surface area contributed by atoms with Crippen LogP contribution in [-0.4, -0.2) is 27.4 Å². The number of ketones is 1. The Morgan fingerprint density at radius 2 is 1.75 bits per heavy atom. The third-order valence-corrected chi connectivity index (χ3v) is 2.00. The molecule has 2 nitrogen and oxygen atoms in total. The van der Waals surface area contributed by atoms with E-state index in [1.807, 2.05) is 30.3 Å². The van der Waals surface area contributed by atoms with Gasteiger partial charge in [0, 0.05) is 21.9 Å². The van der Waals surface area contributed by atoms with Crippen LogP contribution in [0.5, 0.6) is 0 Å². The van der Waals surface area contributed by atoms with Crippen molar-refractivity contribution in [3.8, 4) is 0 Å². The molecule has 0 amide bonds. The van der Waals surface area contributed by atoms with Crippen molar-refractivity contribution in [1.29, 1.82) is 0 Å². The molecule has 0 aliphatic rings. The average molecular weight is 221 g/mol. The third-order valence-electron chi connectivity index (χ3n) is 2.00. The van der Waals surface area contributed by atoms with Gasteiger partial charge in [-0.25, -0.2) is 0 Å². The van der Waals surface area contributed by atoms with Gasteiger partial charge in [-0.05, 0) is 12.5 Å². The Morgan fingerprint density at radius 1 is 1.25 bits per heavy atom. The summed E-state index contributed by atoms with van der Waals surface area (Å²) in [6, 6.07) is 9.87. The molecule has 1 atom stereocenters. The van der Waals surface area contributed by atoms with Crippen LogP contribution in [0.3, 0.4) is 0 Å². The van der Waals surface area contributed by atoms with Crippen LogP contribution in [0, 0.1) is 0 Å². The molecule has 0 saturated heterocycles. The number of hydrogen-bond acceptors (Lipinski definition) is 2. The van der Waals surface area contributed by atoms with Crippen molar-refractivity contribution in [1.82, 2.24) is 0 Å². The Balaban J connectivity index is -0.000000563. The minimum atomic E-state index is -0.303. The molecule has 0 aromatic heterocycles. The predicted molar refractivity (Wildman–Crippen MR) is 70.8 cm³/mol. The fraction of sp³-hybridized carbons (Fsp3) is 0.462. The van der Waals surface area contributed by atoms with Crippen LogP contribution in [0.4, 0.5) is 0 Å². The third kappa shape index (κ3) is 6.41. The van der Waals surface area contributed by atoms with Crippen LogP contribution in [0.1, 0.15) is 27.3 Å². The molecule has 1 rings (SSSR count). The Bertz CT molecular complexity index is 273. The molecule has 0 bridgehead atoms. The largest absolute Gasteiger partial charge is 0.373 e. The number of rotatable bonds is 4. The summed E-state index contributed by atoms with van der Waals surface area (Å²) in [7, 11) is 1.56. The lowest BCUT2D eigenvalue weighted by atomic mass is 10.1. The van der Waals surface area contributed by atoms with Crippen molar-refractivity contribution in [2.24, 2.45) is 0 Å².